The standard InChI is InChI=1S/C24H33N3O4/c1-6-17(2)26(24(29)18-12-21(30-4)14-22(13-18)31-5)16-23(28)27(19-9-10-19)15-20-8-7-11-25(20)3/h7-8,11-14,17,19H,6,9-10,15-16H2,1-5H3. The summed E-state index contributed by atoms with van der Waals surface area (Å²) in [6.07, 6.45) is 4.76. The van der Waals surface area contributed by atoms with Crippen LogP contribution in [0.5, 0.6) is 11.5 Å². The van der Waals surface area contributed by atoms with E-state index in [4.69, 9.17) is 9.47 Å². The van der Waals surface area contributed by atoms with Gasteiger partial charge in [-0.1, -0.05) is 6.92 Å². The van der Waals surface area contributed by atoms with Crippen LogP contribution in [-0.4, -0.2) is 59.0 Å². The monoisotopic (exact) mass is 427 g/mol. The first-order valence-electron chi connectivity index (χ1n) is 10.8. The summed E-state index contributed by atoms with van der Waals surface area (Å²) >= 11 is 0. The number of nitrogens with zero attached hydrogens (tertiary/aromatic N) is 3. The Balaban J connectivity index is 1.82. The molecule has 1 aliphatic carbocycles. The number of hydrogen-bond acceptors (Lipinski definition) is 4. The fourth-order valence-corrected chi connectivity index (χ4v) is 3.62. The van der Waals surface area contributed by atoms with Gasteiger partial charge in [-0.05, 0) is 50.5 Å². The fourth-order valence-electron chi connectivity index (χ4n) is 3.62. The normalized spacial score (nSPS) is 14.1. The summed E-state index contributed by atoms with van der Waals surface area (Å²) in [7, 11) is 5.09. The molecule has 1 aromatic heterocycles. The molecule has 0 saturated heterocycles. The largest absolute Gasteiger partial charge is 0.497 e. The molecule has 0 N–H and O–H groups in total. The van der Waals surface area contributed by atoms with Gasteiger partial charge in [-0.2, -0.15) is 0 Å². The molecule has 31 heavy (non-hydrogen) atoms. The maximum absolute atomic E-state index is 13.4. The molecule has 2 aromatic rings. The summed E-state index contributed by atoms with van der Waals surface area (Å²) in [5.74, 6) is 0.865. The lowest BCUT2D eigenvalue weighted by Gasteiger charge is -2.31. The van der Waals surface area contributed by atoms with E-state index >= 15 is 0 Å². The van der Waals surface area contributed by atoms with E-state index in [0.717, 1.165) is 25.0 Å². The van der Waals surface area contributed by atoms with Gasteiger partial charge in [0.25, 0.3) is 5.91 Å². The van der Waals surface area contributed by atoms with Crippen LogP contribution in [0.4, 0.5) is 0 Å². The van der Waals surface area contributed by atoms with Gasteiger partial charge in [0.15, 0.2) is 0 Å². The molecule has 1 aliphatic rings. The number of hydrogen-bond donors (Lipinski definition) is 0. The quantitative estimate of drug-likeness (QED) is 0.582. The van der Waals surface area contributed by atoms with Crippen molar-refractivity contribution in [2.45, 2.75) is 51.7 Å². The van der Waals surface area contributed by atoms with Crippen LogP contribution in [0.2, 0.25) is 0 Å². The lowest BCUT2D eigenvalue weighted by atomic mass is 10.1. The molecule has 7 heteroatoms. The van der Waals surface area contributed by atoms with Crippen molar-refractivity contribution in [1.82, 2.24) is 14.4 Å². The first kappa shape index (κ1) is 22.7. The van der Waals surface area contributed by atoms with Crippen molar-refractivity contribution in [3.05, 3.63) is 47.8 Å². The van der Waals surface area contributed by atoms with E-state index in [9.17, 15) is 9.59 Å². The minimum Gasteiger partial charge on any atom is -0.497 e. The number of aromatic nitrogens is 1. The molecular formula is C24H33N3O4. The molecular weight excluding hydrogens is 394 g/mol. The summed E-state index contributed by atoms with van der Waals surface area (Å²) in [4.78, 5) is 30.4. The van der Waals surface area contributed by atoms with E-state index in [0.29, 0.717) is 23.6 Å². The highest BCUT2D eigenvalue weighted by Gasteiger charge is 2.35. The molecule has 168 valence electrons. The number of carbonyl (C=O) groups is 2. The minimum atomic E-state index is -0.200. The summed E-state index contributed by atoms with van der Waals surface area (Å²) in [6, 6.07) is 9.29. The van der Waals surface area contributed by atoms with E-state index in [1.807, 2.05) is 48.7 Å². The molecule has 3 rings (SSSR count). The van der Waals surface area contributed by atoms with Gasteiger partial charge in [-0.3, -0.25) is 9.59 Å². The van der Waals surface area contributed by atoms with Gasteiger partial charge in [-0.15, -0.1) is 0 Å². The highest BCUT2D eigenvalue weighted by Crippen LogP contribution is 2.29. The molecule has 1 fully saturated rings. The minimum absolute atomic E-state index is 0.0211. The first-order valence-corrected chi connectivity index (χ1v) is 10.8. The Hall–Kier alpha value is -2.96. The molecule has 0 radical (unpaired) electrons. The highest BCUT2D eigenvalue weighted by molar-refractivity contribution is 5.97. The third-order valence-corrected chi connectivity index (χ3v) is 5.98. The number of benzene rings is 1. The van der Waals surface area contributed by atoms with Gasteiger partial charge >= 0.3 is 0 Å². The van der Waals surface area contributed by atoms with Crippen LogP contribution in [0, 0.1) is 0 Å². The Morgan fingerprint density at radius 2 is 1.81 bits per heavy atom. The fraction of sp³-hybridized carbons (Fsp3) is 0.500. The second-order valence-corrected chi connectivity index (χ2v) is 8.15. The smallest absolute Gasteiger partial charge is 0.254 e. The number of amides is 2. The molecule has 1 heterocycles. The Labute approximate surface area is 184 Å². The zero-order valence-corrected chi connectivity index (χ0v) is 19.1. The Morgan fingerprint density at radius 3 is 2.29 bits per heavy atom. The van der Waals surface area contributed by atoms with E-state index in [2.05, 4.69) is 0 Å². The number of rotatable bonds is 10. The molecule has 0 aliphatic heterocycles. The lowest BCUT2D eigenvalue weighted by Crippen LogP contribution is -2.47. The highest BCUT2D eigenvalue weighted by atomic mass is 16.5. The van der Waals surface area contributed by atoms with Gasteiger partial charge < -0.3 is 23.8 Å². The predicted molar refractivity (Wildman–Crippen MR) is 119 cm³/mol. The Bertz CT molecular complexity index is 897. The van der Waals surface area contributed by atoms with Gasteiger partial charge in [0.1, 0.15) is 18.0 Å². The number of ether oxygens (including phenoxy) is 2. The molecule has 1 saturated carbocycles. The van der Waals surface area contributed by atoms with Gasteiger partial charge in [-0.25, -0.2) is 0 Å². The van der Waals surface area contributed by atoms with Crippen molar-refractivity contribution in [1.29, 1.82) is 0 Å². The van der Waals surface area contributed by atoms with Crippen LogP contribution in [0.25, 0.3) is 0 Å². The van der Waals surface area contributed by atoms with Crippen molar-refractivity contribution in [2.75, 3.05) is 20.8 Å². The second kappa shape index (κ2) is 9.90. The Morgan fingerprint density at radius 1 is 1.16 bits per heavy atom. The van der Waals surface area contributed by atoms with Crippen LogP contribution in [-0.2, 0) is 18.4 Å². The Kier molecular flexibility index (Phi) is 7.25. The molecule has 0 spiro atoms. The maximum atomic E-state index is 13.4. The maximum Gasteiger partial charge on any atom is 0.254 e. The zero-order chi connectivity index (χ0) is 22.5. The van der Waals surface area contributed by atoms with Crippen LogP contribution >= 0.6 is 0 Å². The zero-order valence-electron chi connectivity index (χ0n) is 19.1. The third kappa shape index (κ3) is 5.40. The van der Waals surface area contributed by atoms with Gasteiger partial charge in [0, 0.05) is 42.7 Å². The average Bonchev–Trinajstić information content (AvgIpc) is 3.55. The molecule has 1 unspecified atom stereocenters. The molecule has 0 bridgehead atoms. The van der Waals surface area contributed by atoms with Crippen LogP contribution < -0.4 is 9.47 Å². The second-order valence-electron chi connectivity index (χ2n) is 8.15. The third-order valence-electron chi connectivity index (χ3n) is 5.98. The van der Waals surface area contributed by atoms with Crippen LogP contribution in [0.1, 0.15) is 49.2 Å². The predicted octanol–water partition coefficient (Wildman–Crippen LogP) is 3.47. The SMILES string of the molecule is CCC(C)N(CC(=O)N(Cc1cccn1C)C1CC1)C(=O)c1cc(OC)cc(OC)c1. The van der Waals surface area contributed by atoms with Crippen LogP contribution in [0.15, 0.2) is 36.5 Å². The summed E-state index contributed by atoms with van der Waals surface area (Å²) in [5, 5.41) is 0. The lowest BCUT2D eigenvalue weighted by molar-refractivity contribution is -0.133. The van der Waals surface area contributed by atoms with Crippen LogP contribution in [0.3, 0.4) is 0 Å². The summed E-state index contributed by atoms with van der Waals surface area (Å²) in [6.45, 7) is 4.60. The topological polar surface area (TPSA) is 64.0 Å². The van der Waals surface area contributed by atoms with E-state index in [1.54, 1.807) is 37.3 Å². The van der Waals surface area contributed by atoms with Crippen molar-refractivity contribution < 1.29 is 19.1 Å². The number of carbonyl (C=O) groups excluding carboxylic acids is 2. The van der Waals surface area contributed by atoms with Crippen molar-refractivity contribution in [2.24, 2.45) is 7.05 Å². The van der Waals surface area contributed by atoms with E-state index in [-0.39, 0.29) is 30.4 Å². The first-order chi connectivity index (χ1) is 14.9. The summed E-state index contributed by atoms with van der Waals surface area (Å²) < 4.78 is 12.7. The average molecular weight is 428 g/mol. The van der Waals surface area contributed by atoms with E-state index < -0.39 is 0 Å². The van der Waals surface area contributed by atoms with Crippen molar-refractivity contribution >= 4 is 11.8 Å². The number of methoxy groups -OCH3 is 2. The molecule has 7 nitrogen and oxygen atoms in total. The number of aryl methyl sites for hydroxylation is 1. The summed E-state index contributed by atoms with van der Waals surface area (Å²) in [5.41, 5.74) is 1.53. The molecule has 1 aromatic carbocycles. The van der Waals surface area contributed by atoms with Gasteiger partial charge in [0.05, 0.1) is 20.8 Å². The van der Waals surface area contributed by atoms with Crippen molar-refractivity contribution in [3.63, 3.8) is 0 Å². The van der Waals surface area contributed by atoms with Crippen molar-refractivity contribution in [3.8, 4) is 11.5 Å². The molecule has 2 amide bonds. The van der Waals surface area contributed by atoms with E-state index in [1.165, 1.54) is 0 Å². The molecule has 1 atom stereocenters. The van der Waals surface area contributed by atoms with Gasteiger partial charge in [0.2, 0.25) is 5.91 Å².